The van der Waals surface area contributed by atoms with Crippen LogP contribution in [-0.2, 0) is 19.3 Å². The topological polar surface area (TPSA) is 9.23 Å². The molecule has 0 N–H and O–H groups in total. The first kappa shape index (κ1) is 25.6. The standard InChI is InChI=1S/C29H24F6O/c1-2-3-4-18-6-12-23(25(30)15-18)21-11-13-24-22(17-21)10-9-20(28(24)32)8-5-19-7-14-27(26(31)16-19)36-29(33,34)35/h6-7,9-17H,2-5,8H2,1H3. The molecule has 1 nitrogen and oxygen atoms in total. The van der Waals surface area contributed by atoms with Crippen LogP contribution in [0.4, 0.5) is 26.3 Å². The van der Waals surface area contributed by atoms with E-state index in [2.05, 4.69) is 11.7 Å². The van der Waals surface area contributed by atoms with Gasteiger partial charge < -0.3 is 4.74 Å². The van der Waals surface area contributed by atoms with Gasteiger partial charge in [-0.15, -0.1) is 13.2 Å². The summed E-state index contributed by atoms with van der Waals surface area (Å²) in [5.41, 5.74) is 2.83. The monoisotopic (exact) mass is 502 g/mol. The van der Waals surface area contributed by atoms with Crippen LogP contribution < -0.4 is 4.74 Å². The summed E-state index contributed by atoms with van der Waals surface area (Å²) in [6, 6.07) is 16.8. The van der Waals surface area contributed by atoms with E-state index in [-0.39, 0.29) is 18.7 Å². The molecule has 0 aromatic heterocycles. The number of halogens is 6. The lowest BCUT2D eigenvalue weighted by molar-refractivity contribution is -0.275. The van der Waals surface area contributed by atoms with E-state index in [1.54, 1.807) is 42.5 Å². The Hall–Kier alpha value is -3.48. The summed E-state index contributed by atoms with van der Waals surface area (Å²) in [6.07, 6.45) is -1.71. The zero-order chi connectivity index (χ0) is 25.9. The Labute approximate surface area is 205 Å². The molecular formula is C29H24F6O. The fourth-order valence-corrected chi connectivity index (χ4v) is 4.21. The van der Waals surface area contributed by atoms with Crippen LogP contribution in [0.25, 0.3) is 21.9 Å². The lowest BCUT2D eigenvalue weighted by atomic mass is 9.96. The predicted octanol–water partition coefficient (Wildman–Crippen LogP) is 8.95. The first-order valence-corrected chi connectivity index (χ1v) is 11.7. The van der Waals surface area contributed by atoms with E-state index in [1.165, 1.54) is 6.07 Å². The Kier molecular flexibility index (Phi) is 7.57. The van der Waals surface area contributed by atoms with E-state index in [9.17, 15) is 22.0 Å². The van der Waals surface area contributed by atoms with Gasteiger partial charge >= 0.3 is 6.36 Å². The first-order chi connectivity index (χ1) is 17.1. The molecule has 0 fully saturated rings. The van der Waals surface area contributed by atoms with Crippen molar-refractivity contribution in [2.45, 2.75) is 45.4 Å². The molecule has 0 radical (unpaired) electrons. The number of benzene rings is 4. The zero-order valence-corrected chi connectivity index (χ0v) is 19.6. The number of alkyl halides is 3. The molecule has 0 aliphatic carbocycles. The molecule has 0 saturated carbocycles. The minimum Gasteiger partial charge on any atom is -0.403 e. The molecular weight excluding hydrogens is 478 g/mol. The molecule has 4 rings (SSSR count). The maximum Gasteiger partial charge on any atom is 0.573 e. The smallest absolute Gasteiger partial charge is 0.403 e. The quantitative estimate of drug-likeness (QED) is 0.219. The summed E-state index contributed by atoms with van der Waals surface area (Å²) < 4.78 is 84.4. The number of unbranched alkanes of at least 4 members (excludes halogenated alkanes) is 1. The van der Waals surface area contributed by atoms with Crippen LogP contribution in [0, 0.1) is 17.5 Å². The van der Waals surface area contributed by atoms with E-state index in [1.807, 2.05) is 6.07 Å². The maximum atomic E-state index is 15.2. The Morgan fingerprint density at radius 3 is 2.14 bits per heavy atom. The normalized spacial score (nSPS) is 11.8. The highest BCUT2D eigenvalue weighted by atomic mass is 19.4. The van der Waals surface area contributed by atoms with Gasteiger partial charge in [0.2, 0.25) is 0 Å². The molecule has 4 aromatic rings. The second kappa shape index (κ2) is 10.6. The minimum atomic E-state index is -4.99. The molecule has 0 aliphatic heterocycles. The van der Waals surface area contributed by atoms with Gasteiger partial charge in [0.05, 0.1) is 0 Å². The maximum absolute atomic E-state index is 15.2. The summed E-state index contributed by atoms with van der Waals surface area (Å²) in [5, 5.41) is 0.985. The van der Waals surface area contributed by atoms with Crippen LogP contribution in [0.3, 0.4) is 0 Å². The Balaban J connectivity index is 1.51. The molecule has 0 unspecified atom stereocenters. The third-order valence-corrected chi connectivity index (χ3v) is 6.10. The minimum absolute atomic E-state index is 0.219. The summed E-state index contributed by atoms with van der Waals surface area (Å²) in [7, 11) is 0. The Morgan fingerprint density at radius 1 is 0.722 bits per heavy atom. The summed E-state index contributed by atoms with van der Waals surface area (Å²) in [4.78, 5) is 0. The van der Waals surface area contributed by atoms with Crippen LogP contribution >= 0.6 is 0 Å². The third kappa shape index (κ3) is 6.01. The average molecular weight is 502 g/mol. The molecule has 0 bridgehead atoms. The Morgan fingerprint density at radius 2 is 1.44 bits per heavy atom. The number of aryl methyl sites for hydroxylation is 3. The van der Waals surface area contributed by atoms with Crippen LogP contribution in [0.5, 0.6) is 5.75 Å². The van der Waals surface area contributed by atoms with E-state index < -0.39 is 23.7 Å². The second-order valence-corrected chi connectivity index (χ2v) is 8.70. The van der Waals surface area contributed by atoms with Crippen molar-refractivity contribution in [3.05, 3.63) is 101 Å². The van der Waals surface area contributed by atoms with Crippen LogP contribution in [-0.4, -0.2) is 6.36 Å². The third-order valence-electron chi connectivity index (χ3n) is 6.10. The predicted molar refractivity (Wildman–Crippen MR) is 128 cm³/mol. The lowest BCUT2D eigenvalue weighted by Crippen LogP contribution is -2.18. The first-order valence-electron chi connectivity index (χ1n) is 11.7. The molecule has 0 amide bonds. The van der Waals surface area contributed by atoms with Gasteiger partial charge in [0.25, 0.3) is 0 Å². The highest BCUT2D eigenvalue weighted by Crippen LogP contribution is 2.31. The van der Waals surface area contributed by atoms with Crippen molar-refractivity contribution in [2.75, 3.05) is 0 Å². The number of hydrogen-bond acceptors (Lipinski definition) is 1. The van der Waals surface area contributed by atoms with Gasteiger partial charge in [-0.3, -0.25) is 0 Å². The van der Waals surface area contributed by atoms with Gasteiger partial charge in [-0.25, -0.2) is 13.2 Å². The fraction of sp³-hybridized carbons (Fsp3) is 0.241. The molecule has 188 valence electrons. The van der Waals surface area contributed by atoms with E-state index in [0.29, 0.717) is 33.0 Å². The van der Waals surface area contributed by atoms with Gasteiger partial charge in [-0.1, -0.05) is 55.8 Å². The van der Waals surface area contributed by atoms with E-state index in [4.69, 9.17) is 0 Å². The molecule has 0 atom stereocenters. The molecule has 0 heterocycles. The van der Waals surface area contributed by atoms with Crippen molar-refractivity contribution in [1.29, 1.82) is 0 Å². The van der Waals surface area contributed by atoms with Gasteiger partial charge in [0, 0.05) is 10.9 Å². The molecule has 4 aromatic carbocycles. The number of fused-ring (bicyclic) bond motifs is 1. The summed E-state index contributed by atoms with van der Waals surface area (Å²) >= 11 is 0. The van der Waals surface area contributed by atoms with Crippen LogP contribution in [0.15, 0.2) is 66.7 Å². The molecule has 36 heavy (non-hydrogen) atoms. The van der Waals surface area contributed by atoms with E-state index in [0.717, 1.165) is 37.0 Å². The number of hydrogen-bond donors (Lipinski definition) is 0. The van der Waals surface area contributed by atoms with Crippen molar-refractivity contribution < 1.29 is 31.1 Å². The van der Waals surface area contributed by atoms with Crippen molar-refractivity contribution in [2.24, 2.45) is 0 Å². The fourth-order valence-electron chi connectivity index (χ4n) is 4.21. The van der Waals surface area contributed by atoms with Crippen LogP contribution in [0.1, 0.15) is 36.5 Å². The highest BCUT2D eigenvalue weighted by molar-refractivity contribution is 5.88. The largest absolute Gasteiger partial charge is 0.573 e. The highest BCUT2D eigenvalue weighted by Gasteiger charge is 2.32. The van der Waals surface area contributed by atoms with Gasteiger partial charge in [0.1, 0.15) is 11.6 Å². The second-order valence-electron chi connectivity index (χ2n) is 8.70. The average Bonchev–Trinajstić information content (AvgIpc) is 2.83. The van der Waals surface area contributed by atoms with Gasteiger partial charge in [0.15, 0.2) is 11.6 Å². The Bertz CT molecular complexity index is 1380. The summed E-state index contributed by atoms with van der Waals surface area (Å²) in [5.74, 6) is -2.81. The number of ether oxygens (including phenoxy) is 1. The van der Waals surface area contributed by atoms with Gasteiger partial charge in [-0.2, -0.15) is 0 Å². The lowest BCUT2D eigenvalue weighted by Gasteiger charge is -2.12. The number of rotatable bonds is 8. The molecule has 0 spiro atoms. The van der Waals surface area contributed by atoms with Crippen LogP contribution in [0.2, 0.25) is 0 Å². The molecule has 0 saturated heterocycles. The molecule has 7 heteroatoms. The summed E-state index contributed by atoms with van der Waals surface area (Å²) in [6.45, 7) is 2.08. The van der Waals surface area contributed by atoms with Crippen molar-refractivity contribution in [1.82, 2.24) is 0 Å². The van der Waals surface area contributed by atoms with Crippen molar-refractivity contribution in [3.8, 4) is 16.9 Å². The van der Waals surface area contributed by atoms with Gasteiger partial charge in [-0.05, 0) is 77.6 Å². The molecule has 0 aliphatic rings. The van der Waals surface area contributed by atoms with E-state index >= 15 is 4.39 Å². The van der Waals surface area contributed by atoms with Crippen molar-refractivity contribution >= 4 is 10.8 Å². The van der Waals surface area contributed by atoms with Crippen molar-refractivity contribution in [3.63, 3.8) is 0 Å². The zero-order valence-electron chi connectivity index (χ0n) is 19.6. The SMILES string of the molecule is CCCCc1ccc(-c2ccc3c(F)c(CCc4ccc(OC(F)(F)F)c(F)c4)ccc3c2)c(F)c1.